The number of aromatic nitrogens is 2. The van der Waals surface area contributed by atoms with E-state index in [1.165, 1.54) is 7.11 Å². The van der Waals surface area contributed by atoms with Gasteiger partial charge in [-0.05, 0) is 5.41 Å². The smallest absolute Gasteiger partial charge is 0.340 e. The van der Waals surface area contributed by atoms with E-state index in [2.05, 4.69) is 10.2 Å². The van der Waals surface area contributed by atoms with Gasteiger partial charge in [0.1, 0.15) is 5.56 Å². The predicted octanol–water partition coefficient (Wildman–Crippen LogP) is 0.706. The van der Waals surface area contributed by atoms with Crippen LogP contribution in [-0.2, 0) is 14.9 Å². The molecule has 0 amide bonds. The first-order valence-electron chi connectivity index (χ1n) is 5.43. The summed E-state index contributed by atoms with van der Waals surface area (Å²) >= 11 is 0. The minimum Gasteiger partial charge on any atom is -0.478 e. The fourth-order valence-electron chi connectivity index (χ4n) is 1.36. The molecule has 0 unspecified atom stereocenters. The molecule has 2 N–H and O–H groups in total. The summed E-state index contributed by atoms with van der Waals surface area (Å²) < 4.78 is 25.3. The van der Waals surface area contributed by atoms with Gasteiger partial charge in [-0.15, -0.1) is 0 Å². The molecule has 0 aliphatic rings. The molecule has 0 radical (unpaired) electrons. The number of hydrogen-bond acceptors (Lipinski definition) is 5. The summed E-state index contributed by atoms with van der Waals surface area (Å²) in [5.41, 5.74) is -0.775. The van der Waals surface area contributed by atoms with Crippen molar-refractivity contribution in [3.63, 3.8) is 0 Å². The molecule has 0 saturated carbocycles. The van der Waals surface area contributed by atoms with E-state index in [9.17, 15) is 13.2 Å². The molecule has 19 heavy (non-hydrogen) atoms. The lowest BCUT2D eigenvalue weighted by atomic mass is 9.98. The Balaban J connectivity index is 3.21. The Kier molecular flexibility index (Phi) is 4.33. The van der Waals surface area contributed by atoms with Crippen LogP contribution in [0.1, 0.15) is 31.1 Å². The van der Waals surface area contributed by atoms with Gasteiger partial charge in [0.25, 0.3) is 10.0 Å². The summed E-state index contributed by atoms with van der Waals surface area (Å²) in [4.78, 5) is 15.8. The van der Waals surface area contributed by atoms with Gasteiger partial charge in [-0.1, -0.05) is 25.2 Å². The van der Waals surface area contributed by atoms with Gasteiger partial charge in [0.2, 0.25) is 0 Å². The third-order valence-electron chi connectivity index (χ3n) is 2.17. The summed E-state index contributed by atoms with van der Waals surface area (Å²) in [6, 6.07) is 0. The first kappa shape index (κ1) is 15.6. The zero-order valence-corrected chi connectivity index (χ0v) is 12.0. The van der Waals surface area contributed by atoms with E-state index < -0.39 is 26.6 Å². The van der Waals surface area contributed by atoms with Crippen molar-refractivity contribution in [2.75, 3.05) is 13.7 Å². The van der Waals surface area contributed by atoms with E-state index in [-0.39, 0.29) is 12.0 Å². The molecule has 1 rings (SSSR count). The first-order valence-corrected chi connectivity index (χ1v) is 6.87. The molecule has 0 spiro atoms. The van der Waals surface area contributed by atoms with Gasteiger partial charge < -0.3 is 5.11 Å². The second-order valence-corrected chi connectivity index (χ2v) is 6.89. The normalized spacial score (nSPS) is 12.9. The lowest BCUT2D eigenvalue weighted by Gasteiger charge is -2.26. The van der Waals surface area contributed by atoms with Crippen LogP contribution in [0.3, 0.4) is 0 Å². The van der Waals surface area contributed by atoms with Crippen molar-refractivity contribution in [1.29, 1.82) is 0 Å². The third-order valence-corrected chi connectivity index (χ3v) is 3.81. The average Bonchev–Trinajstić information content (AvgIpc) is 2.73. The molecule has 1 aromatic rings. The molecule has 9 heteroatoms. The fourth-order valence-corrected chi connectivity index (χ4v) is 2.90. The van der Waals surface area contributed by atoms with E-state index in [4.69, 9.17) is 9.94 Å². The Bertz CT molecular complexity index is 558. The highest BCUT2D eigenvalue weighted by atomic mass is 32.2. The van der Waals surface area contributed by atoms with Crippen molar-refractivity contribution in [3.05, 3.63) is 11.8 Å². The number of aromatic amines is 1. The lowest BCUT2D eigenvalue weighted by molar-refractivity contribution is -0.0674. The molecular formula is C10H17N3O5S. The summed E-state index contributed by atoms with van der Waals surface area (Å²) in [5.74, 6) is -1.38. The minimum atomic E-state index is -4.10. The molecule has 108 valence electrons. The van der Waals surface area contributed by atoms with Gasteiger partial charge in [-0.3, -0.25) is 9.94 Å². The number of carboxylic acids is 1. The van der Waals surface area contributed by atoms with Gasteiger partial charge in [-0.25, -0.2) is 13.2 Å². The molecule has 8 nitrogen and oxygen atoms in total. The van der Waals surface area contributed by atoms with Gasteiger partial charge >= 0.3 is 5.97 Å². The largest absolute Gasteiger partial charge is 0.478 e. The molecule has 1 heterocycles. The second kappa shape index (κ2) is 5.27. The van der Waals surface area contributed by atoms with Crippen LogP contribution >= 0.6 is 0 Å². The van der Waals surface area contributed by atoms with Crippen LogP contribution < -0.4 is 0 Å². The summed E-state index contributed by atoms with van der Waals surface area (Å²) in [7, 11) is -2.90. The van der Waals surface area contributed by atoms with Crippen LogP contribution in [0.2, 0.25) is 0 Å². The number of carbonyl (C=O) groups is 1. The Labute approximate surface area is 111 Å². The number of aromatic carboxylic acids is 1. The monoisotopic (exact) mass is 291 g/mol. The van der Waals surface area contributed by atoms with Crippen molar-refractivity contribution in [2.45, 2.75) is 25.8 Å². The number of rotatable bonds is 5. The predicted molar refractivity (Wildman–Crippen MR) is 65.9 cm³/mol. The maximum absolute atomic E-state index is 12.3. The molecule has 1 aromatic heterocycles. The molecule has 0 bridgehead atoms. The van der Waals surface area contributed by atoms with Gasteiger partial charge in [-0.2, -0.15) is 5.10 Å². The van der Waals surface area contributed by atoms with E-state index in [0.29, 0.717) is 0 Å². The van der Waals surface area contributed by atoms with Crippen molar-refractivity contribution in [3.8, 4) is 0 Å². The highest BCUT2D eigenvalue weighted by Gasteiger charge is 2.33. The number of nitrogens with one attached hydrogen (secondary N) is 1. The van der Waals surface area contributed by atoms with Crippen LogP contribution in [0.15, 0.2) is 11.2 Å². The molecular weight excluding hydrogens is 274 g/mol. The molecule has 0 aliphatic heterocycles. The number of carboxylic acid groups (broad SMARTS) is 1. The second-order valence-electron chi connectivity index (χ2n) is 5.13. The number of nitrogens with zero attached hydrogens (tertiary/aromatic N) is 2. The topological polar surface area (TPSA) is 113 Å². The van der Waals surface area contributed by atoms with Crippen LogP contribution in [0.5, 0.6) is 0 Å². The highest BCUT2D eigenvalue weighted by Crippen LogP contribution is 2.23. The molecule has 0 saturated heterocycles. The van der Waals surface area contributed by atoms with E-state index >= 15 is 0 Å². The van der Waals surface area contributed by atoms with E-state index in [1.807, 2.05) is 20.8 Å². The number of hydrogen-bond donors (Lipinski definition) is 2. The minimum absolute atomic E-state index is 0.0733. The Morgan fingerprint density at radius 3 is 2.53 bits per heavy atom. The SMILES string of the molecule is CON(CC(C)(C)C)S(=O)(=O)c1[nH]ncc1C(=O)O. The number of sulfonamides is 1. The lowest BCUT2D eigenvalue weighted by Crippen LogP contribution is -2.37. The van der Waals surface area contributed by atoms with Gasteiger partial charge in [0.05, 0.1) is 13.3 Å². The molecule has 0 atom stereocenters. The fraction of sp³-hybridized carbons (Fsp3) is 0.600. The standard InChI is InChI=1S/C10H17N3O5S/c1-10(2,3)6-13(18-4)19(16,17)8-7(9(14)15)5-11-12-8/h5H,6H2,1-4H3,(H,11,12)(H,14,15). The molecule has 0 fully saturated rings. The van der Waals surface area contributed by atoms with Crippen LogP contribution in [0.25, 0.3) is 0 Å². The number of hydroxylamine groups is 1. The zero-order chi connectivity index (χ0) is 14.8. The average molecular weight is 291 g/mol. The Morgan fingerprint density at radius 1 is 1.53 bits per heavy atom. The molecule has 0 aromatic carbocycles. The maximum Gasteiger partial charge on any atom is 0.340 e. The van der Waals surface area contributed by atoms with Gasteiger partial charge in [0, 0.05) is 6.54 Å². The summed E-state index contributed by atoms with van der Waals surface area (Å²) in [5, 5.41) is 14.1. The van der Waals surface area contributed by atoms with Crippen LogP contribution in [0.4, 0.5) is 0 Å². The number of H-pyrrole nitrogens is 1. The third kappa shape index (κ3) is 3.52. The first-order chi connectivity index (χ1) is 8.59. The van der Waals surface area contributed by atoms with Gasteiger partial charge in [0.15, 0.2) is 5.03 Å². The zero-order valence-electron chi connectivity index (χ0n) is 11.2. The van der Waals surface area contributed by atoms with Crippen LogP contribution in [0, 0.1) is 5.41 Å². The Hall–Kier alpha value is -1.45. The van der Waals surface area contributed by atoms with Crippen molar-refractivity contribution in [1.82, 2.24) is 14.7 Å². The van der Waals surface area contributed by atoms with E-state index in [0.717, 1.165) is 10.7 Å². The highest BCUT2D eigenvalue weighted by molar-refractivity contribution is 7.89. The van der Waals surface area contributed by atoms with Crippen molar-refractivity contribution >= 4 is 16.0 Å². The van der Waals surface area contributed by atoms with Crippen LogP contribution in [-0.4, -0.2) is 47.8 Å². The Morgan fingerprint density at radius 2 is 2.11 bits per heavy atom. The van der Waals surface area contributed by atoms with E-state index in [1.54, 1.807) is 0 Å². The summed E-state index contributed by atoms with van der Waals surface area (Å²) in [6.45, 7) is 5.57. The maximum atomic E-state index is 12.3. The summed E-state index contributed by atoms with van der Waals surface area (Å²) in [6.07, 6.45) is 0.945. The molecule has 0 aliphatic carbocycles. The van der Waals surface area contributed by atoms with Crippen molar-refractivity contribution in [2.24, 2.45) is 5.41 Å². The quantitative estimate of drug-likeness (QED) is 0.772. The van der Waals surface area contributed by atoms with Crippen molar-refractivity contribution < 1.29 is 23.2 Å².